The van der Waals surface area contributed by atoms with E-state index >= 15 is 0 Å². The van der Waals surface area contributed by atoms with Gasteiger partial charge in [-0.1, -0.05) is 22.9 Å². The number of carboxylic acid groups (broad SMARTS) is 1. The molecule has 1 aromatic rings. The minimum Gasteiger partial charge on any atom is -0.478 e. The number of aliphatic carboxylic acids is 1. The highest BCUT2D eigenvalue weighted by atomic mass is 79.9. The first-order chi connectivity index (χ1) is 8.04. The number of anilines is 1. The van der Waals surface area contributed by atoms with Crippen molar-refractivity contribution in [1.29, 1.82) is 0 Å². The zero-order chi connectivity index (χ0) is 12.8. The van der Waals surface area contributed by atoms with Gasteiger partial charge in [-0.3, -0.25) is 0 Å². The molecule has 0 heterocycles. The van der Waals surface area contributed by atoms with Gasteiger partial charge in [0.1, 0.15) is 0 Å². The molecule has 0 bridgehead atoms. The Kier molecular flexibility index (Phi) is 5.22. The topological polar surface area (TPSA) is 40.5 Å². The van der Waals surface area contributed by atoms with Crippen LogP contribution in [0.1, 0.15) is 18.9 Å². The third-order valence-corrected chi connectivity index (χ3v) is 2.86. The number of hydrogen-bond donors (Lipinski definition) is 1. The van der Waals surface area contributed by atoms with Gasteiger partial charge in [0, 0.05) is 29.8 Å². The van der Waals surface area contributed by atoms with Gasteiger partial charge in [-0.05, 0) is 36.3 Å². The van der Waals surface area contributed by atoms with Gasteiger partial charge in [0.25, 0.3) is 0 Å². The van der Waals surface area contributed by atoms with Crippen molar-refractivity contribution in [3.63, 3.8) is 0 Å². The van der Waals surface area contributed by atoms with Crippen molar-refractivity contribution in [3.8, 4) is 0 Å². The van der Waals surface area contributed by atoms with Crippen molar-refractivity contribution < 1.29 is 9.90 Å². The summed E-state index contributed by atoms with van der Waals surface area (Å²) >= 11 is 3.39. The van der Waals surface area contributed by atoms with Gasteiger partial charge in [-0.2, -0.15) is 0 Å². The lowest BCUT2D eigenvalue weighted by Gasteiger charge is -2.20. The summed E-state index contributed by atoms with van der Waals surface area (Å²) < 4.78 is 0.941. The summed E-state index contributed by atoms with van der Waals surface area (Å²) in [5, 5.41) is 8.66. The van der Waals surface area contributed by atoms with Gasteiger partial charge in [-0.15, -0.1) is 0 Å². The molecule has 17 heavy (non-hydrogen) atoms. The third-order valence-electron chi connectivity index (χ3n) is 2.37. The van der Waals surface area contributed by atoms with Gasteiger partial charge in [0.15, 0.2) is 0 Å². The van der Waals surface area contributed by atoms with Crippen molar-refractivity contribution in [2.24, 2.45) is 0 Å². The van der Waals surface area contributed by atoms with Crippen LogP contribution >= 0.6 is 15.9 Å². The van der Waals surface area contributed by atoms with Crippen LogP contribution in [0.2, 0.25) is 0 Å². The first-order valence-corrected chi connectivity index (χ1v) is 6.25. The minimum absolute atomic E-state index is 0.901. The third kappa shape index (κ3) is 4.23. The van der Waals surface area contributed by atoms with E-state index in [-0.39, 0.29) is 0 Å². The highest BCUT2D eigenvalue weighted by molar-refractivity contribution is 9.10. The quantitative estimate of drug-likeness (QED) is 0.847. The molecule has 0 atom stereocenters. The van der Waals surface area contributed by atoms with E-state index in [1.807, 2.05) is 25.2 Å². The lowest BCUT2D eigenvalue weighted by Crippen LogP contribution is -2.18. The molecule has 0 amide bonds. The van der Waals surface area contributed by atoms with Crippen molar-refractivity contribution >= 4 is 33.7 Å². The average molecular weight is 298 g/mol. The van der Waals surface area contributed by atoms with Crippen LogP contribution < -0.4 is 4.90 Å². The second-order valence-corrected chi connectivity index (χ2v) is 4.71. The highest BCUT2D eigenvalue weighted by Crippen LogP contribution is 2.25. The predicted molar refractivity (Wildman–Crippen MR) is 74.4 cm³/mol. The normalized spacial score (nSPS) is 10.8. The van der Waals surface area contributed by atoms with Gasteiger partial charge in [-0.25, -0.2) is 4.79 Å². The maximum atomic E-state index is 10.6. The molecule has 0 spiro atoms. The molecule has 1 rings (SSSR count). The molecule has 1 aromatic carbocycles. The van der Waals surface area contributed by atoms with E-state index in [0.717, 1.165) is 34.8 Å². The number of rotatable bonds is 5. The summed E-state index contributed by atoms with van der Waals surface area (Å²) in [6.07, 6.45) is 3.83. The van der Waals surface area contributed by atoms with Crippen molar-refractivity contribution in [2.45, 2.75) is 13.3 Å². The van der Waals surface area contributed by atoms with Crippen LogP contribution in [0.25, 0.3) is 6.08 Å². The monoisotopic (exact) mass is 297 g/mol. The van der Waals surface area contributed by atoms with E-state index in [1.54, 1.807) is 6.08 Å². The SMILES string of the molecule is CCCN(C)c1ccc(Br)cc1/C=C/C(=O)O. The largest absolute Gasteiger partial charge is 0.478 e. The molecule has 1 N–H and O–H groups in total. The number of nitrogens with zero attached hydrogens (tertiary/aromatic N) is 1. The van der Waals surface area contributed by atoms with Crippen LogP contribution in [0.4, 0.5) is 5.69 Å². The minimum atomic E-state index is -0.936. The highest BCUT2D eigenvalue weighted by Gasteiger charge is 2.05. The van der Waals surface area contributed by atoms with E-state index in [4.69, 9.17) is 5.11 Å². The summed E-state index contributed by atoms with van der Waals surface area (Å²) in [6.45, 7) is 3.05. The van der Waals surface area contributed by atoms with E-state index in [9.17, 15) is 4.79 Å². The summed E-state index contributed by atoms with van der Waals surface area (Å²) in [5.74, 6) is -0.936. The number of hydrogen-bond acceptors (Lipinski definition) is 2. The molecular formula is C13H16BrNO2. The summed E-state index contributed by atoms with van der Waals surface area (Å²) in [5.41, 5.74) is 1.94. The van der Waals surface area contributed by atoms with Crippen LogP contribution in [0.3, 0.4) is 0 Å². The van der Waals surface area contributed by atoms with E-state index in [1.165, 1.54) is 0 Å². The molecule has 0 radical (unpaired) electrons. The van der Waals surface area contributed by atoms with Crippen LogP contribution in [-0.2, 0) is 4.79 Å². The fraction of sp³-hybridized carbons (Fsp3) is 0.308. The lowest BCUT2D eigenvalue weighted by atomic mass is 10.1. The molecule has 0 aliphatic heterocycles. The Morgan fingerprint density at radius 3 is 2.82 bits per heavy atom. The number of carbonyl (C=O) groups is 1. The molecule has 0 unspecified atom stereocenters. The Hall–Kier alpha value is -1.29. The average Bonchev–Trinajstić information content (AvgIpc) is 2.26. The van der Waals surface area contributed by atoms with E-state index < -0.39 is 5.97 Å². The summed E-state index contributed by atoms with van der Waals surface area (Å²) in [7, 11) is 2.00. The van der Waals surface area contributed by atoms with E-state index in [0.29, 0.717) is 0 Å². The second kappa shape index (κ2) is 6.45. The smallest absolute Gasteiger partial charge is 0.328 e. The van der Waals surface area contributed by atoms with Gasteiger partial charge >= 0.3 is 5.97 Å². The standard InChI is InChI=1S/C13H16BrNO2/c1-3-8-15(2)12-6-5-11(14)9-10(12)4-7-13(16)17/h4-7,9H,3,8H2,1-2H3,(H,16,17)/b7-4+. The first kappa shape index (κ1) is 13.8. The van der Waals surface area contributed by atoms with Crippen LogP contribution in [0, 0.1) is 0 Å². The molecule has 0 aliphatic rings. The molecule has 4 heteroatoms. The number of benzene rings is 1. The van der Waals surface area contributed by atoms with Crippen LogP contribution in [0.15, 0.2) is 28.7 Å². The van der Waals surface area contributed by atoms with Crippen molar-refractivity contribution in [2.75, 3.05) is 18.5 Å². The summed E-state index contributed by atoms with van der Waals surface area (Å²) in [6, 6.07) is 5.86. The van der Waals surface area contributed by atoms with Crippen molar-refractivity contribution in [1.82, 2.24) is 0 Å². The Labute approximate surface area is 110 Å². The fourth-order valence-electron chi connectivity index (χ4n) is 1.62. The summed E-state index contributed by atoms with van der Waals surface area (Å²) in [4.78, 5) is 12.7. The number of halogens is 1. The molecular weight excluding hydrogens is 282 g/mol. The molecule has 0 fully saturated rings. The Morgan fingerprint density at radius 2 is 2.24 bits per heavy atom. The first-order valence-electron chi connectivity index (χ1n) is 5.46. The van der Waals surface area contributed by atoms with Crippen LogP contribution in [-0.4, -0.2) is 24.7 Å². The van der Waals surface area contributed by atoms with Gasteiger partial charge < -0.3 is 10.0 Å². The Bertz CT molecular complexity index is 429. The molecule has 92 valence electrons. The lowest BCUT2D eigenvalue weighted by molar-refractivity contribution is -0.131. The number of carboxylic acids is 1. The molecule has 0 aliphatic carbocycles. The van der Waals surface area contributed by atoms with Gasteiger partial charge in [0.05, 0.1) is 0 Å². The second-order valence-electron chi connectivity index (χ2n) is 3.80. The van der Waals surface area contributed by atoms with Gasteiger partial charge in [0.2, 0.25) is 0 Å². The van der Waals surface area contributed by atoms with E-state index in [2.05, 4.69) is 27.8 Å². The Balaban J connectivity index is 3.07. The molecule has 3 nitrogen and oxygen atoms in total. The maximum Gasteiger partial charge on any atom is 0.328 e. The molecule has 0 saturated heterocycles. The Morgan fingerprint density at radius 1 is 1.53 bits per heavy atom. The molecule has 0 saturated carbocycles. The maximum absolute atomic E-state index is 10.6. The molecule has 0 aromatic heterocycles. The van der Waals surface area contributed by atoms with Crippen LogP contribution in [0.5, 0.6) is 0 Å². The van der Waals surface area contributed by atoms with Crippen molar-refractivity contribution in [3.05, 3.63) is 34.3 Å². The zero-order valence-corrected chi connectivity index (χ0v) is 11.6. The fourth-order valence-corrected chi connectivity index (χ4v) is 2.00. The zero-order valence-electron chi connectivity index (χ0n) is 9.98. The predicted octanol–water partition coefficient (Wildman–Crippen LogP) is 3.39.